The molecule has 0 radical (unpaired) electrons. The van der Waals surface area contributed by atoms with Gasteiger partial charge in [0.15, 0.2) is 12.4 Å². The van der Waals surface area contributed by atoms with E-state index in [1.165, 1.54) is 16.6 Å². The number of aryl methyl sites for hydroxylation is 1. The topological polar surface area (TPSA) is 87.0 Å². The second-order valence-corrected chi connectivity index (χ2v) is 6.10. The van der Waals surface area contributed by atoms with Crippen molar-refractivity contribution < 1.29 is 14.3 Å². The van der Waals surface area contributed by atoms with Gasteiger partial charge in [-0.1, -0.05) is 43.7 Å². The first kappa shape index (κ1) is 18.4. The number of hydrogen-bond donors (Lipinski definition) is 0. The summed E-state index contributed by atoms with van der Waals surface area (Å²) in [4.78, 5) is 24.5. The smallest absolute Gasteiger partial charge is 0.338 e. The standard InChI is InChI=1S/C20H20N4O3/c1-2-3-5-15-8-10-16(11-9-15)19(25)13-27-20(26)17-6-4-7-18(12-17)24-14-21-22-23-24/h4,6-12,14H,2-3,5,13H2,1H3. The van der Waals surface area contributed by atoms with Crippen LogP contribution < -0.4 is 0 Å². The maximum Gasteiger partial charge on any atom is 0.338 e. The molecule has 1 heterocycles. The molecule has 7 nitrogen and oxygen atoms in total. The summed E-state index contributed by atoms with van der Waals surface area (Å²) in [5, 5.41) is 10.9. The van der Waals surface area contributed by atoms with Gasteiger partial charge in [0.05, 0.1) is 11.3 Å². The first-order valence-corrected chi connectivity index (χ1v) is 8.80. The predicted molar refractivity (Wildman–Crippen MR) is 98.8 cm³/mol. The second-order valence-electron chi connectivity index (χ2n) is 6.10. The van der Waals surface area contributed by atoms with Crippen molar-refractivity contribution in [3.05, 3.63) is 71.5 Å². The zero-order valence-electron chi connectivity index (χ0n) is 15.0. The van der Waals surface area contributed by atoms with Crippen molar-refractivity contribution in [1.29, 1.82) is 0 Å². The Morgan fingerprint density at radius 2 is 1.89 bits per heavy atom. The number of tetrazole rings is 1. The lowest BCUT2D eigenvalue weighted by Crippen LogP contribution is -2.14. The Labute approximate surface area is 157 Å². The third kappa shape index (κ3) is 4.84. The van der Waals surface area contributed by atoms with Crippen molar-refractivity contribution in [1.82, 2.24) is 20.2 Å². The molecule has 0 spiro atoms. The highest BCUT2D eigenvalue weighted by molar-refractivity contribution is 5.99. The van der Waals surface area contributed by atoms with Gasteiger partial charge in [-0.15, -0.1) is 5.10 Å². The minimum atomic E-state index is -0.571. The fourth-order valence-electron chi connectivity index (χ4n) is 2.59. The lowest BCUT2D eigenvalue weighted by atomic mass is 10.0. The molecular formula is C20H20N4O3. The number of ether oxygens (including phenoxy) is 1. The van der Waals surface area contributed by atoms with Crippen LogP contribution in [0.1, 0.15) is 46.0 Å². The molecule has 0 unspecified atom stereocenters. The number of hydrogen-bond acceptors (Lipinski definition) is 6. The summed E-state index contributed by atoms with van der Waals surface area (Å²) in [6.07, 6.45) is 4.68. The molecule has 27 heavy (non-hydrogen) atoms. The Balaban J connectivity index is 1.59. The molecule has 0 atom stereocenters. The maximum absolute atomic E-state index is 12.3. The van der Waals surface area contributed by atoms with Crippen molar-refractivity contribution in [2.24, 2.45) is 0 Å². The average Bonchev–Trinajstić information content (AvgIpc) is 3.25. The van der Waals surface area contributed by atoms with Crippen LogP contribution in [0.15, 0.2) is 54.9 Å². The van der Waals surface area contributed by atoms with Gasteiger partial charge in [-0.25, -0.2) is 9.48 Å². The van der Waals surface area contributed by atoms with E-state index in [9.17, 15) is 9.59 Å². The van der Waals surface area contributed by atoms with Gasteiger partial charge >= 0.3 is 5.97 Å². The fraction of sp³-hybridized carbons (Fsp3) is 0.250. The number of rotatable bonds is 8. The van der Waals surface area contributed by atoms with Crippen molar-refractivity contribution in [2.45, 2.75) is 26.2 Å². The highest BCUT2D eigenvalue weighted by Crippen LogP contribution is 2.12. The molecule has 0 bridgehead atoms. The van der Waals surface area contributed by atoms with Crippen LogP contribution in [0.5, 0.6) is 0 Å². The van der Waals surface area contributed by atoms with E-state index in [0.29, 0.717) is 16.8 Å². The second kappa shape index (κ2) is 8.84. The van der Waals surface area contributed by atoms with Crippen LogP contribution in [0.4, 0.5) is 0 Å². The van der Waals surface area contributed by atoms with Crippen LogP contribution in [0, 0.1) is 0 Å². The molecule has 3 rings (SSSR count). The average molecular weight is 364 g/mol. The van der Waals surface area contributed by atoms with Crippen LogP contribution in [-0.2, 0) is 11.2 Å². The quantitative estimate of drug-likeness (QED) is 0.451. The number of carbonyl (C=O) groups is 2. The van der Waals surface area contributed by atoms with Gasteiger partial charge in [-0.2, -0.15) is 0 Å². The van der Waals surface area contributed by atoms with E-state index in [2.05, 4.69) is 22.4 Å². The first-order valence-electron chi connectivity index (χ1n) is 8.80. The molecule has 0 fully saturated rings. The zero-order chi connectivity index (χ0) is 19.1. The largest absolute Gasteiger partial charge is 0.454 e. The third-order valence-electron chi connectivity index (χ3n) is 4.12. The Morgan fingerprint density at radius 3 is 2.59 bits per heavy atom. The third-order valence-corrected chi connectivity index (χ3v) is 4.12. The van der Waals surface area contributed by atoms with E-state index in [4.69, 9.17) is 4.74 Å². The number of benzene rings is 2. The van der Waals surface area contributed by atoms with Crippen molar-refractivity contribution in [2.75, 3.05) is 6.61 Å². The number of Topliss-reactive ketones (excluding diaryl/α,β-unsaturated/α-hetero) is 1. The number of nitrogens with zero attached hydrogens (tertiary/aromatic N) is 4. The molecule has 0 saturated carbocycles. The molecule has 2 aromatic carbocycles. The molecule has 0 saturated heterocycles. The van der Waals surface area contributed by atoms with E-state index < -0.39 is 5.97 Å². The lowest BCUT2D eigenvalue weighted by Gasteiger charge is -2.07. The SMILES string of the molecule is CCCCc1ccc(C(=O)COC(=O)c2cccc(-n3cnnn3)c2)cc1. The number of aromatic nitrogens is 4. The minimum absolute atomic E-state index is 0.234. The first-order chi connectivity index (χ1) is 13.2. The molecule has 0 aliphatic rings. The summed E-state index contributed by atoms with van der Waals surface area (Å²) in [5.74, 6) is -0.806. The zero-order valence-corrected chi connectivity index (χ0v) is 15.0. The van der Waals surface area contributed by atoms with Crippen LogP contribution in [0.25, 0.3) is 5.69 Å². The summed E-state index contributed by atoms with van der Waals surface area (Å²) >= 11 is 0. The number of esters is 1. The van der Waals surface area contributed by atoms with Gasteiger partial charge in [0.1, 0.15) is 6.33 Å². The van der Waals surface area contributed by atoms with E-state index >= 15 is 0 Å². The Kier molecular flexibility index (Phi) is 6.04. The molecule has 7 heteroatoms. The molecule has 0 N–H and O–H groups in total. The Morgan fingerprint density at radius 1 is 1.07 bits per heavy atom. The van der Waals surface area contributed by atoms with Crippen molar-refractivity contribution in [3.63, 3.8) is 0 Å². The summed E-state index contributed by atoms with van der Waals surface area (Å²) < 4.78 is 6.59. The van der Waals surface area contributed by atoms with Gasteiger partial charge in [0.2, 0.25) is 0 Å². The summed E-state index contributed by atoms with van der Waals surface area (Å²) in [6, 6.07) is 14.1. The normalized spacial score (nSPS) is 10.6. The van der Waals surface area contributed by atoms with Gasteiger partial charge < -0.3 is 4.74 Å². The number of unbranched alkanes of at least 4 members (excludes halogenated alkanes) is 1. The van der Waals surface area contributed by atoms with Gasteiger partial charge in [-0.05, 0) is 47.0 Å². The molecule has 0 aliphatic carbocycles. The van der Waals surface area contributed by atoms with Gasteiger partial charge in [0, 0.05) is 5.56 Å². The van der Waals surface area contributed by atoms with E-state index in [1.54, 1.807) is 36.4 Å². The van der Waals surface area contributed by atoms with E-state index in [0.717, 1.165) is 19.3 Å². The van der Waals surface area contributed by atoms with Gasteiger partial charge in [-0.3, -0.25) is 4.79 Å². The number of carbonyl (C=O) groups excluding carboxylic acids is 2. The molecule has 0 aliphatic heterocycles. The van der Waals surface area contributed by atoms with E-state index in [1.807, 2.05) is 12.1 Å². The summed E-state index contributed by atoms with van der Waals surface area (Å²) in [7, 11) is 0. The Hall–Kier alpha value is -3.35. The highest BCUT2D eigenvalue weighted by Gasteiger charge is 2.13. The van der Waals surface area contributed by atoms with Crippen LogP contribution in [0.3, 0.4) is 0 Å². The van der Waals surface area contributed by atoms with Gasteiger partial charge in [0.25, 0.3) is 0 Å². The van der Waals surface area contributed by atoms with Crippen LogP contribution in [-0.4, -0.2) is 38.6 Å². The molecule has 3 aromatic rings. The molecule has 1 aromatic heterocycles. The monoisotopic (exact) mass is 364 g/mol. The predicted octanol–water partition coefficient (Wildman–Crippen LogP) is 3.04. The maximum atomic E-state index is 12.3. The molecule has 0 amide bonds. The van der Waals surface area contributed by atoms with Crippen LogP contribution in [0.2, 0.25) is 0 Å². The van der Waals surface area contributed by atoms with E-state index in [-0.39, 0.29) is 12.4 Å². The fourth-order valence-corrected chi connectivity index (χ4v) is 2.59. The van der Waals surface area contributed by atoms with Crippen molar-refractivity contribution >= 4 is 11.8 Å². The van der Waals surface area contributed by atoms with Crippen LogP contribution >= 0.6 is 0 Å². The molecular weight excluding hydrogens is 344 g/mol. The highest BCUT2D eigenvalue weighted by atomic mass is 16.5. The molecule has 138 valence electrons. The summed E-state index contributed by atoms with van der Waals surface area (Å²) in [6.45, 7) is 1.84. The summed E-state index contributed by atoms with van der Waals surface area (Å²) in [5.41, 5.74) is 2.68. The number of ketones is 1. The lowest BCUT2D eigenvalue weighted by molar-refractivity contribution is 0.0474. The van der Waals surface area contributed by atoms with Crippen molar-refractivity contribution in [3.8, 4) is 5.69 Å². The minimum Gasteiger partial charge on any atom is -0.454 e. The Bertz CT molecular complexity index is 905.